The molecule has 0 spiro atoms. The number of anilines is 1. The molecular formula is C14H10ClF6N3O. The van der Waals surface area contributed by atoms with E-state index in [4.69, 9.17) is 16.9 Å². The van der Waals surface area contributed by atoms with E-state index < -0.39 is 40.6 Å². The Bertz CT molecular complexity index is 674. The third-order valence-corrected chi connectivity index (χ3v) is 2.90. The van der Waals surface area contributed by atoms with Crippen LogP contribution in [0.25, 0.3) is 0 Å². The van der Waals surface area contributed by atoms with Gasteiger partial charge in [0.25, 0.3) is 5.91 Å². The lowest BCUT2D eigenvalue weighted by molar-refractivity contribution is -0.143. The number of carbonyl (C=O) groups excluding carboxylic acids is 1. The van der Waals surface area contributed by atoms with E-state index in [0.717, 1.165) is 0 Å². The van der Waals surface area contributed by atoms with Crippen molar-refractivity contribution in [2.75, 3.05) is 17.7 Å². The lowest BCUT2D eigenvalue weighted by Crippen LogP contribution is -2.26. The highest BCUT2D eigenvalue weighted by Crippen LogP contribution is 2.37. The van der Waals surface area contributed by atoms with Gasteiger partial charge in [-0.05, 0) is 18.2 Å². The molecule has 0 heterocycles. The molecule has 0 radical (unpaired) electrons. The molecule has 0 unspecified atom stereocenters. The molecule has 1 amide bonds. The number of amides is 1. The van der Waals surface area contributed by atoms with Gasteiger partial charge >= 0.3 is 12.4 Å². The number of hydrogen-bond acceptors (Lipinski definition) is 3. The number of nitrogens with one attached hydrogen (secondary N) is 2. The van der Waals surface area contributed by atoms with Crippen molar-refractivity contribution in [2.24, 2.45) is 0 Å². The zero-order valence-electron chi connectivity index (χ0n) is 12.2. The van der Waals surface area contributed by atoms with E-state index in [1.54, 1.807) is 0 Å². The van der Waals surface area contributed by atoms with Crippen LogP contribution in [0.4, 0.5) is 32.0 Å². The summed E-state index contributed by atoms with van der Waals surface area (Å²) in [6, 6.07) is 2.29. The average molecular weight is 386 g/mol. The predicted molar refractivity (Wildman–Crippen MR) is 77.5 cm³/mol. The van der Waals surface area contributed by atoms with Crippen molar-refractivity contribution in [1.29, 1.82) is 5.26 Å². The number of nitriles is 1. The third kappa shape index (κ3) is 6.19. The van der Waals surface area contributed by atoms with Crippen molar-refractivity contribution in [2.45, 2.75) is 12.4 Å². The van der Waals surface area contributed by atoms with Gasteiger partial charge in [-0.2, -0.15) is 31.6 Å². The quantitative estimate of drug-likeness (QED) is 0.350. The van der Waals surface area contributed by atoms with Crippen LogP contribution in [0.15, 0.2) is 30.0 Å². The van der Waals surface area contributed by atoms with Gasteiger partial charge in [0.2, 0.25) is 0 Å². The Morgan fingerprint density at radius 2 is 1.64 bits per heavy atom. The molecule has 0 bridgehead atoms. The molecule has 0 aliphatic heterocycles. The van der Waals surface area contributed by atoms with Crippen molar-refractivity contribution in [3.8, 4) is 6.07 Å². The van der Waals surface area contributed by atoms with E-state index in [1.807, 2.05) is 0 Å². The summed E-state index contributed by atoms with van der Waals surface area (Å²) < 4.78 is 76.4. The Morgan fingerprint density at radius 1 is 1.12 bits per heavy atom. The monoisotopic (exact) mass is 385 g/mol. The zero-order chi connectivity index (χ0) is 19.3. The molecule has 0 atom stereocenters. The minimum atomic E-state index is -5.00. The molecule has 11 heteroatoms. The molecule has 0 aliphatic rings. The molecule has 0 fully saturated rings. The molecule has 0 aromatic heterocycles. The molecule has 1 rings (SSSR count). The fourth-order valence-corrected chi connectivity index (χ4v) is 1.69. The van der Waals surface area contributed by atoms with Gasteiger partial charge in [0.1, 0.15) is 11.6 Å². The second-order valence-corrected chi connectivity index (χ2v) is 4.93. The molecule has 0 aliphatic carbocycles. The third-order valence-electron chi connectivity index (χ3n) is 2.72. The van der Waals surface area contributed by atoms with Crippen LogP contribution in [0.2, 0.25) is 0 Å². The van der Waals surface area contributed by atoms with Gasteiger partial charge in [-0.3, -0.25) is 4.79 Å². The van der Waals surface area contributed by atoms with E-state index in [-0.39, 0.29) is 18.5 Å². The van der Waals surface area contributed by atoms with E-state index >= 15 is 0 Å². The number of rotatable bonds is 5. The summed E-state index contributed by atoms with van der Waals surface area (Å²) in [5, 5.41) is 13.2. The zero-order valence-corrected chi connectivity index (χ0v) is 13.0. The van der Waals surface area contributed by atoms with Crippen LogP contribution in [0.3, 0.4) is 0 Å². The highest BCUT2D eigenvalue weighted by atomic mass is 35.5. The maximum Gasteiger partial charge on any atom is 0.416 e. The SMILES string of the molecule is N#C/C(=C/Nc1cc(C(F)(F)F)cc(C(F)(F)F)c1)C(=O)NCCCl. The first kappa shape index (κ1) is 20.6. The number of alkyl halides is 7. The number of nitrogens with zero attached hydrogens (tertiary/aromatic N) is 1. The summed E-state index contributed by atoms with van der Waals surface area (Å²) in [7, 11) is 0. The highest BCUT2D eigenvalue weighted by Gasteiger charge is 2.36. The lowest BCUT2D eigenvalue weighted by Gasteiger charge is -2.14. The molecule has 1 aromatic carbocycles. The van der Waals surface area contributed by atoms with Gasteiger partial charge in [0, 0.05) is 24.3 Å². The maximum atomic E-state index is 12.7. The van der Waals surface area contributed by atoms with Gasteiger partial charge in [0.15, 0.2) is 0 Å². The van der Waals surface area contributed by atoms with Crippen LogP contribution in [0.1, 0.15) is 11.1 Å². The van der Waals surface area contributed by atoms with Crippen LogP contribution >= 0.6 is 11.6 Å². The fraction of sp³-hybridized carbons (Fsp3) is 0.286. The molecular weight excluding hydrogens is 376 g/mol. The maximum absolute atomic E-state index is 12.7. The largest absolute Gasteiger partial charge is 0.416 e. The van der Waals surface area contributed by atoms with Crippen LogP contribution < -0.4 is 10.6 Å². The van der Waals surface area contributed by atoms with Crippen molar-refractivity contribution >= 4 is 23.2 Å². The van der Waals surface area contributed by atoms with Crippen molar-refractivity contribution < 1.29 is 31.1 Å². The Labute approximate surface area is 143 Å². The minimum absolute atomic E-state index is 0.0290. The molecule has 1 aromatic rings. The summed E-state index contributed by atoms with van der Waals surface area (Å²) in [5.41, 5.74) is -4.18. The van der Waals surface area contributed by atoms with Crippen molar-refractivity contribution in [3.05, 3.63) is 41.1 Å². The fourth-order valence-electron chi connectivity index (χ4n) is 1.60. The summed E-state index contributed by atoms with van der Waals surface area (Å²) in [5.74, 6) is -0.820. The molecule has 0 saturated heterocycles. The van der Waals surface area contributed by atoms with Gasteiger partial charge in [-0.1, -0.05) is 0 Å². The van der Waals surface area contributed by atoms with Gasteiger partial charge in [0.05, 0.1) is 11.1 Å². The second-order valence-electron chi connectivity index (χ2n) is 4.55. The summed E-state index contributed by atoms with van der Waals surface area (Å²) in [6.07, 6.45) is -9.30. The van der Waals surface area contributed by atoms with E-state index in [9.17, 15) is 31.1 Å². The Morgan fingerprint density at radius 3 is 2.04 bits per heavy atom. The Balaban J connectivity index is 3.18. The Kier molecular flexibility index (Phi) is 6.70. The molecule has 25 heavy (non-hydrogen) atoms. The van der Waals surface area contributed by atoms with Crippen LogP contribution in [-0.4, -0.2) is 18.3 Å². The van der Waals surface area contributed by atoms with Gasteiger partial charge in [-0.15, -0.1) is 11.6 Å². The summed E-state index contributed by atoms with van der Waals surface area (Å²) in [4.78, 5) is 11.5. The minimum Gasteiger partial charge on any atom is -0.360 e. The Hall–Kier alpha value is -2.41. The molecule has 4 nitrogen and oxygen atoms in total. The average Bonchev–Trinajstić information content (AvgIpc) is 2.51. The van der Waals surface area contributed by atoms with E-state index in [1.165, 1.54) is 6.07 Å². The molecule has 136 valence electrons. The van der Waals surface area contributed by atoms with Crippen molar-refractivity contribution in [3.63, 3.8) is 0 Å². The summed E-state index contributed by atoms with van der Waals surface area (Å²) >= 11 is 5.34. The topological polar surface area (TPSA) is 64.9 Å². The number of hydrogen-bond donors (Lipinski definition) is 2. The highest BCUT2D eigenvalue weighted by molar-refractivity contribution is 6.18. The van der Waals surface area contributed by atoms with E-state index in [2.05, 4.69) is 10.6 Å². The summed E-state index contributed by atoms with van der Waals surface area (Å²) in [6.45, 7) is 0.0290. The predicted octanol–water partition coefficient (Wildman–Crippen LogP) is 3.90. The molecule has 2 N–H and O–H groups in total. The number of halogens is 7. The van der Waals surface area contributed by atoms with Crippen molar-refractivity contribution in [1.82, 2.24) is 5.32 Å². The first-order valence-electron chi connectivity index (χ1n) is 6.49. The lowest BCUT2D eigenvalue weighted by atomic mass is 10.1. The smallest absolute Gasteiger partial charge is 0.360 e. The molecule has 0 saturated carbocycles. The van der Waals surface area contributed by atoms with E-state index in [0.29, 0.717) is 18.3 Å². The van der Waals surface area contributed by atoms with Gasteiger partial charge < -0.3 is 10.6 Å². The number of benzene rings is 1. The normalized spacial score (nSPS) is 12.5. The first-order valence-corrected chi connectivity index (χ1v) is 7.03. The first-order chi connectivity index (χ1) is 11.5. The van der Waals surface area contributed by atoms with Crippen LogP contribution in [-0.2, 0) is 17.1 Å². The van der Waals surface area contributed by atoms with Crippen LogP contribution in [0, 0.1) is 11.3 Å². The van der Waals surface area contributed by atoms with Crippen LogP contribution in [0.5, 0.6) is 0 Å². The second kappa shape index (κ2) is 8.11. The van der Waals surface area contributed by atoms with Gasteiger partial charge in [-0.25, -0.2) is 0 Å². The number of carbonyl (C=O) groups is 1. The standard InChI is InChI=1S/C14H10ClF6N3O/c15-1-2-23-12(25)8(6-22)7-24-11-4-9(13(16,17)18)3-10(5-11)14(19,20)21/h3-5,7,24H,1-2H2,(H,23,25)/b8-7-.